The molecule has 9 atom stereocenters. The summed E-state index contributed by atoms with van der Waals surface area (Å²) in [4.78, 5) is 39.1. The van der Waals surface area contributed by atoms with Gasteiger partial charge >= 0.3 is 17.9 Å². The Morgan fingerprint density at radius 2 is 1.24 bits per heavy atom. The first-order chi connectivity index (χ1) is 27.7. The summed E-state index contributed by atoms with van der Waals surface area (Å²) >= 11 is 0. The zero-order valence-electron chi connectivity index (χ0n) is 30.7. The number of phenolic OH excluding ortho intramolecular Hbond substituents is 3. The summed E-state index contributed by atoms with van der Waals surface area (Å²) in [5.41, 5.74) is 1.39. The molecule has 0 bridgehead atoms. The molecule has 0 spiro atoms. The summed E-state index contributed by atoms with van der Waals surface area (Å²) in [6.07, 6.45) is -7.79. The quantitative estimate of drug-likeness (QED) is 0.0590. The van der Waals surface area contributed by atoms with E-state index in [1.807, 2.05) is 0 Å². The van der Waals surface area contributed by atoms with E-state index in [0.717, 1.165) is 18.2 Å². The van der Waals surface area contributed by atoms with Gasteiger partial charge in [0.2, 0.25) is 5.79 Å². The van der Waals surface area contributed by atoms with Crippen molar-refractivity contribution in [1.82, 2.24) is 0 Å². The minimum absolute atomic E-state index is 0.0169. The Morgan fingerprint density at radius 1 is 0.690 bits per heavy atom. The molecule has 0 radical (unpaired) electrons. The van der Waals surface area contributed by atoms with Crippen molar-refractivity contribution in [2.75, 3.05) is 26.9 Å². The fourth-order valence-corrected chi connectivity index (χ4v) is 5.80. The molecule has 3 aromatic rings. The van der Waals surface area contributed by atoms with Gasteiger partial charge < -0.3 is 74.0 Å². The highest BCUT2D eigenvalue weighted by atomic mass is 16.8. The molecule has 0 aliphatic carbocycles. The molecule has 3 aromatic carbocycles. The third kappa shape index (κ3) is 11.0. The number of carbonyl (C=O) groups is 3. The van der Waals surface area contributed by atoms with E-state index in [1.165, 1.54) is 92.1 Å². The normalized spacial score (nSPS) is 27.2. The van der Waals surface area contributed by atoms with Gasteiger partial charge in [-0.2, -0.15) is 0 Å². The van der Waals surface area contributed by atoms with Gasteiger partial charge in [0.15, 0.2) is 23.9 Å². The van der Waals surface area contributed by atoms with Crippen LogP contribution in [0.2, 0.25) is 0 Å². The van der Waals surface area contributed by atoms with Crippen LogP contribution in [0.1, 0.15) is 16.7 Å². The van der Waals surface area contributed by atoms with Crippen molar-refractivity contribution >= 4 is 36.1 Å². The molecule has 5 rings (SSSR count). The van der Waals surface area contributed by atoms with Gasteiger partial charge in [0.1, 0.15) is 61.3 Å². The van der Waals surface area contributed by atoms with E-state index in [1.54, 1.807) is 0 Å². The van der Waals surface area contributed by atoms with Crippen LogP contribution >= 0.6 is 0 Å². The van der Waals surface area contributed by atoms with Gasteiger partial charge in [-0.1, -0.05) is 30.3 Å². The molecule has 2 saturated heterocycles. The Kier molecular flexibility index (Phi) is 14.6. The summed E-state index contributed by atoms with van der Waals surface area (Å²) < 4.78 is 39.0. The molecule has 0 aromatic heterocycles. The molecule has 0 amide bonds. The number of esters is 3. The molecule has 0 unspecified atom stereocenters. The molecule has 2 aliphatic heterocycles. The summed E-state index contributed by atoms with van der Waals surface area (Å²) in [6, 6.07) is 15.8. The Morgan fingerprint density at radius 3 is 1.83 bits per heavy atom. The third-order valence-electron chi connectivity index (χ3n) is 8.91. The lowest BCUT2D eigenvalue weighted by Gasteiger charge is -2.43. The van der Waals surface area contributed by atoms with Crippen LogP contribution in [0.25, 0.3) is 18.2 Å². The largest absolute Gasteiger partial charge is 0.508 e. The number of benzene rings is 3. The highest BCUT2D eigenvalue weighted by molar-refractivity contribution is 5.88. The van der Waals surface area contributed by atoms with E-state index in [-0.39, 0.29) is 23.0 Å². The zero-order valence-corrected chi connectivity index (χ0v) is 30.7. The second kappa shape index (κ2) is 19.5. The lowest BCUT2D eigenvalue weighted by atomic mass is 9.99. The molecule has 18 nitrogen and oxygen atoms in total. The SMILES string of the molecule is COc1cc(C=CC(=O)OC[C@H]2O[C@@](COC(=O)C=Cc3ccc(O)cc3)(O[C@H]3O[C@H](CO)[C@@H](O)[C@H](O)[C@H]3O)[C@@H](OC(=O)C=Cc3ccc(O)cc3)[C@@H]2O)ccc1O. The average molecular weight is 811 g/mol. The number of carbonyl (C=O) groups excluding carboxylic acids is 3. The first kappa shape index (κ1) is 43.3. The maximum absolute atomic E-state index is 13.3. The predicted molar refractivity (Wildman–Crippen MR) is 198 cm³/mol. The van der Waals surface area contributed by atoms with Crippen molar-refractivity contribution in [3.8, 4) is 23.0 Å². The van der Waals surface area contributed by atoms with E-state index in [2.05, 4.69) is 0 Å². The van der Waals surface area contributed by atoms with E-state index in [9.17, 15) is 55.2 Å². The number of ether oxygens (including phenoxy) is 7. The van der Waals surface area contributed by atoms with Crippen molar-refractivity contribution in [2.45, 2.75) is 54.8 Å². The van der Waals surface area contributed by atoms with Crippen LogP contribution in [0.4, 0.5) is 0 Å². The van der Waals surface area contributed by atoms with Crippen LogP contribution in [0.3, 0.4) is 0 Å². The van der Waals surface area contributed by atoms with Crippen molar-refractivity contribution in [3.63, 3.8) is 0 Å². The van der Waals surface area contributed by atoms with Gasteiger partial charge in [-0.25, -0.2) is 14.4 Å². The van der Waals surface area contributed by atoms with Crippen LogP contribution in [0.5, 0.6) is 23.0 Å². The van der Waals surface area contributed by atoms with E-state index >= 15 is 0 Å². The molecule has 2 fully saturated rings. The highest BCUT2D eigenvalue weighted by Gasteiger charge is 2.62. The molecule has 8 N–H and O–H groups in total. The second-order valence-corrected chi connectivity index (χ2v) is 13.0. The number of methoxy groups -OCH3 is 1. The first-order valence-electron chi connectivity index (χ1n) is 17.6. The van der Waals surface area contributed by atoms with Gasteiger partial charge in [-0.15, -0.1) is 0 Å². The second-order valence-electron chi connectivity index (χ2n) is 13.0. The average Bonchev–Trinajstić information content (AvgIpc) is 3.47. The predicted octanol–water partition coefficient (Wildman–Crippen LogP) is 0.523. The Balaban J connectivity index is 1.44. The highest BCUT2D eigenvalue weighted by Crippen LogP contribution is 2.39. The summed E-state index contributed by atoms with van der Waals surface area (Å²) in [7, 11) is 1.34. The lowest BCUT2D eigenvalue weighted by Crippen LogP contribution is -2.63. The standard InChI is InChI=1S/C40H42O18/c1-52-28-18-24(6-14-27(28)44)9-16-31(45)53-20-30-35(49)38(56-33(47)17-8-23-4-12-26(43)13-5-23)40(57-30,58-39-37(51)36(50)34(48)29(19-41)55-39)21-54-32(46)15-7-22-2-10-25(42)11-3-22/h2-18,29-30,34-39,41-44,48-51H,19-21H2,1H3/t29-,30-,34-,35-,36+,37-,38+,39-,40+/m1/s1. The van der Waals surface area contributed by atoms with Crippen LogP contribution in [-0.2, 0) is 42.8 Å². The van der Waals surface area contributed by atoms with Crippen LogP contribution < -0.4 is 4.74 Å². The van der Waals surface area contributed by atoms with Crippen LogP contribution in [0, 0.1) is 0 Å². The number of aliphatic hydroxyl groups excluding tert-OH is 5. The Bertz CT molecular complexity index is 1960. The van der Waals surface area contributed by atoms with E-state index < -0.39 is 92.5 Å². The molecule has 2 aliphatic rings. The molecule has 310 valence electrons. The fraction of sp³-hybridized carbons (Fsp3) is 0.325. The number of aromatic hydroxyl groups is 3. The minimum Gasteiger partial charge on any atom is -0.508 e. The Labute approximate surface area is 330 Å². The number of aliphatic hydroxyl groups is 5. The first-order valence-corrected chi connectivity index (χ1v) is 17.6. The molecule has 58 heavy (non-hydrogen) atoms. The Hall–Kier alpha value is -5.83. The minimum atomic E-state index is -2.60. The topological polar surface area (TPSA) is 278 Å². The third-order valence-corrected chi connectivity index (χ3v) is 8.91. The number of phenols is 3. The van der Waals surface area contributed by atoms with Gasteiger partial charge in [0, 0.05) is 18.2 Å². The molecule has 0 saturated carbocycles. The molecule has 2 heterocycles. The van der Waals surface area contributed by atoms with Crippen molar-refractivity contribution < 1.29 is 88.4 Å². The summed E-state index contributed by atoms with van der Waals surface area (Å²) in [5, 5.41) is 82.1. The smallest absolute Gasteiger partial charge is 0.331 e. The van der Waals surface area contributed by atoms with E-state index in [4.69, 9.17) is 33.2 Å². The van der Waals surface area contributed by atoms with E-state index in [0.29, 0.717) is 16.7 Å². The number of hydrogen-bond donors (Lipinski definition) is 8. The summed E-state index contributed by atoms with van der Waals surface area (Å²) in [6.45, 7) is -2.60. The zero-order chi connectivity index (χ0) is 42.0. The summed E-state index contributed by atoms with van der Waals surface area (Å²) in [5.74, 6) is -5.71. The molecular weight excluding hydrogens is 768 g/mol. The van der Waals surface area contributed by atoms with Gasteiger partial charge in [0.05, 0.1) is 13.7 Å². The lowest BCUT2D eigenvalue weighted by molar-refractivity contribution is -0.383. The number of hydrogen-bond acceptors (Lipinski definition) is 18. The maximum atomic E-state index is 13.3. The molecular formula is C40H42O18. The fourth-order valence-electron chi connectivity index (χ4n) is 5.80. The maximum Gasteiger partial charge on any atom is 0.331 e. The van der Waals surface area contributed by atoms with Crippen LogP contribution in [0.15, 0.2) is 85.0 Å². The van der Waals surface area contributed by atoms with Gasteiger partial charge in [0.25, 0.3) is 0 Å². The van der Waals surface area contributed by atoms with Crippen molar-refractivity contribution in [2.24, 2.45) is 0 Å². The van der Waals surface area contributed by atoms with Gasteiger partial charge in [-0.3, -0.25) is 0 Å². The van der Waals surface area contributed by atoms with Gasteiger partial charge in [-0.05, 0) is 71.3 Å². The van der Waals surface area contributed by atoms with Crippen LogP contribution in [-0.4, -0.2) is 140 Å². The number of rotatable bonds is 15. The molecule has 18 heteroatoms. The van der Waals surface area contributed by atoms with Crippen molar-refractivity contribution in [1.29, 1.82) is 0 Å². The van der Waals surface area contributed by atoms with Crippen molar-refractivity contribution in [3.05, 3.63) is 102 Å². The monoisotopic (exact) mass is 810 g/mol.